The normalized spacial score (nSPS) is 10.4. The van der Waals surface area contributed by atoms with Gasteiger partial charge < -0.3 is 11.1 Å². The maximum absolute atomic E-state index is 11.3. The van der Waals surface area contributed by atoms with Crippen LogP contribution in [0.25, 0.3) is 5.69 Å². The summed E-state index contributed by atoms with van der Waals surface area (Å²) >= 11 is 5.94. The molecule has 0 saturated carbocycles. The van der Waals surface area contributed by atoms with Crippen LogP contribution in [0.2, 0.25) is 5.02 Å². The largest absolute Gasteiger partial charge is 0.322 e. The summed E-state index contributed by atoms with van der Waals surface area (Å²) in [5.74, 6) is 0.309. The summed E-state index contributed by atoms with van der Waals surface area (Å²) in [6.07, 6.45) is 0. The first kappa shape index (κ1) is 12.6. The molecule has 3 N–H and O–H groups in total. The van der Waals surface area contributed by atoms with Gasteiger partial charge in [0.25, 0.3) is 0 Å². The van der Waals surface area contributed by atoms with Crippen LogP contribution in [0, 0.1) is 6.92 Å². The van der Waals surface area contributed by atoms with Gasteiger partial charge in [-0.15, -0.1) is 0 Å². The molecule has 0 spiro atoms. The molecular weight excluding hydrogens is 252 g/mol. The predicted molar refractivity (Wildman–Crippen MR) is 71.0 cm³/mol. The van der Waals surface area contributed by atoms with Crippen LogP contribution in [0.1, 0.15) is 5.69 Å². The quantitative estimate of drug-likeness (QED) is 0.887. The van der Waals surface area contributed by atoms with Crippen LogP contribution in [0.15, 0.2) is 30.3 Å². The molecule has 0 fully saturated rings. The van der Waals surface area contributed by atoms with E-state index in [9.17, 15) is 4.79 Å². The Kier molecular flexibility index (Phi) is 3.64. The molecule has 18 heavy (non-hydrogen) atoms. The van der Waals surface area contributed by atoms with Crippen molar-refractivity contribution in [1.82, 2.24) is 9.78 Å². The Balaban J connectivity index is 2.41. The van der Waals surface area contributed by atoms with Crippen molar-refractivity contribution in [3.8, 4) is 5.69 Å². The van der Waals surface area contributed by atoms with E-state index >= 15 is 0 Å². The molecule has 1 aromatic heterocycles. The van der Waals surface area contributed by atoms with Gasteiger partial charge in [-0.2, -0.15) is 5.10 Å². The first-order chi connectivity index (χ1) is 8.60. The van der Waals surface area contributed by atoms with Crippen LogP contribution in [0.5, 0.6) is 0 Å². The Morgan fingerprint density at radius 1 is 1.50 bits per heavy atom. The molecular formula is C12H13ClN4O. The van der Waals surface area contributed by atoms with Crippen molar-refractivity contribution in [1.29, 1.82) is 0 Å². The van der Waals surface area contributed by atoms with Gasteiger partial charge in [-0.1, -0.05) is 17.7 Å². The molecule has 6 heteroatoms. The third-order valence-corrected chi connectivity index (χ3v) is 2.57. The van der Waals surface area contributed by atoms with Crippen LogP contribution in [0.4, 0.5) is 5.82 Å². The Hall–Kier alpha value is -1.85. The summed E-state index contributed by atoms with van der Waals surface area (Å²) in [5.41, 5.74) is 6.85. The van der Waals surface area contributed by atoms with Crippen LogP contribution < -0.4 is 11.1 Å². The highest BCUT2D eigenvalue weighted by Gasteiger charge is 2.10. The lowest BCUT2D eigenvalue weighted by atomic mass is 10.3. The second-order valence-electron chi connectivity index (χ2n) is 3.81. The molecule has 1 heterocycles. The van der Waals surface area contributed by atoms with E-state index in [1.807, 2.05) is 19.1 Å². The number of nitrogens with zero attached hydrogens (tertiary/aromatic N) is 2. The number of halogens is 1. The number of carbonyl (C=O) groups is 1. The van der Waals surface area contributed by atoms with Gasteiger partial charge in [-0.05, 0) is 25.1 Å². The number of hydrogen-bond donors (Lipinski definition) is 2. The third kappa shape index (κ3) is 2.69. The zero-order chi connectivity index (χ0) is 13.1. The minimum absolute atomic E-state index is 0.0697. The smallest absolute Gasteiger partial charge is 0.239 e. The molecule has 0 saturated heterocycles. The van der Waals surface area contributed by atoms with Crippen molar-refractivity contribution >= 4 is 23.3 Å². The zero-order valence-corrected chi connectivity index (χ0v) is 10.6. The fraction of sp³-hybridized carbons (Fsp3) is 0.167. The second kappa shape index (κ2) is 5.20. The van der Waals surface area contributed by atoms with E-state index in [1.54, 1.807) is 22.9 Å². The van der Waals surface area contributed by atoms with Gasteiger partial charge in [0.15, 0.2) is 0 Å². The maximum atomic E-state index is 11.3. The van der Waals surface area contributed by atoms with Crippen molar-refractivity contribution in [3.05, 3.63) is 41.0 Å². The number of aryl methyl sites for hydroxylation is 1. The molecule has 94 valence electrons. The van der Waals surface area contributed by atoms with E-state index in [-0.39, 0.29) is 12.5 Å². The second-order valence-corrected chi connectivity index (χ2v) is 4.25. The summed E-state index contributed by atoms with van der Waals surface area (Å²) in [6, 6.07) is 9.00. The van der Waals surface area contributed by atoms with Crippen molar-refractivity contribution in [2.45, 2.75) is 6.92 Å². The molecule has 2 rings (SSSR count). The van der Waals surface area contributed by atoms with Gasteiger partial charge in [0.1, 0.15) is 5.82 Å². The molecule has 1 amide bonds. The predicted octanol–water partition coefficient (Wildman–Crippen LogP) is 1.73. The van der Waals surface area contributed by atoms with Gasteiger partial charge >= 0.3 is 0 Å². The number of amides is 1. The van der Waals surface area contributed by atoms with Crippen molar-refractivity contribution in [2.75, 3.05) is 11.9 Å². The highest BCUT2D eigenvalue weighted by molar-refractivity contribution is 6.30. The Bertz CT molecular complexity index is 579. The average molecular weight is 265 g/mol. The molecule has 0 atom stereocenters. The minimum Gasteiger partial charge on any atom is -0.322 e. The summed E-state index contributed by atoms with van der Waals surface area (Å²) in [4.78, 5) is 11.3. The summed E-state index contributed by atoms with van der Waals surface area (Å²) in [5, 5.41) is 7.61. The highest BCUT2D eigenvalue weighted by Crippen LogP contribution is 2.19. The molecule has 2 aromatic rings. The van der Waals surface area contributed by atoms with Crippen LogP contribution in [0.3, 0.4) is 0 Å². The number of nitrogens with one attached hydrogen (secondary N) is 1. The number of carbonyl (C=O) groups excluding carboxylic acids is 1. The van der Waals surface area contributed by atoms with E-state index in [4.69, 9.17) is 17.3 Å². The maximum Gasteiger partial charge on any atom is 0.239 e. The number of hydrogen-bond acceptors (Lipinski definition) is 3. The number of anilines is 1. The van der Waals surface area contributed by atoms with E-state index in [1.165, 1.54) is 0 Å². The van der Waals surface area contributed by atoms with Gasteiger partial charge in [-0.25, -0.2) is 4.68 Å². The number of aromatic nitrogens is 2. The van der Waals surface area contributed by atoms with E-state index in [0.717, 1.165) is 11.4 Å². The molecule has 5 nitrogen and oxygen atoms in total. The van der Waals surface area contributed by atoms with Crippen molar-refractivity contribution in [3.63, 3.8) is 0 Å². The monoisotopic (exact) mass is 264 g/mol. The molecule has 0 aliphatic carbocycles. The fourth-order valence-corrected chi connectivity index (χ4v) is 1.77. The summed E-state index contributed by atoms with van der Waals surface area (Å²) < 4.78 is 1.62. The molecule has 0 aliphatic rings. The number of rotatable bonds is 3. The van der Waals surface area contributed by atoms with Gasteiger partial charge in [0.2, 0.25) is 5.91 Å². The van der Waals surface area contributed by atoms with Gasteiger partial charge in [0, 0.05) is 11.1 Å². The standard InChI is InChI=1S/C12H13ClN4O/c1-8-5-11(15-12(18)7-14)17(16-8)10-4-2-3-9(13)6-10/h2-6H,7,14H2,1H3,(H,15,18). The topological polar surface area (TPSA) is 72.9 Å². The van der Waals surface area contributed by atoms with E-state index in [2.05, 4.69) is 10.4 Å². The lowest BCUT2D eigenvalue weighted by Gasteiger charge is -2.08. The zero-order valence-electron chi connectivity index (χ0n) is 9.85. The fourth-order valence-electron chi connectivity index (χ4n) is 1.59. The average Bonchev–Trinajstić information content (AvgIpc) is 2.70. The summed E-state index contributed by atoms with van der Waals surface area (Å²) in [6.45, 7) is 1.78. The molecule has 0 unspecified atom stereocenters. The Morgan fingerprint density at radius 2 is 2.28 bits per heavy atom. The molecule has 0 aliphatic heterocycles. The third-order valence-electron chi connectivity index (χ3n) is 2.34. The van der Waals surface area contributed by atoms with E-state index < -0.39 is 0 Å². The van der Waals surface area contributed by atoms with Crippen LogP contribution in [-0.4, -0.2) is 22.2 Å². The SMILES string of the molecule is Cc1cc(NC(=O)CN)n(-c2cccc(Cl)c2)n1. The molecule has 1 aromatic carbocycles. The summed E-state index contributed by atoms with van der Waals surface area (Å²) in [7, 11) is 0. The molecule has 0 radical (unpaired) electrons. The molecule has 0 bridgehead atoms. The first-order valence-corrected chi connectivity index (χ1v) is 5.80. The lowest BCUT2D eigenvalue weighted by molar-refractivity contribution is -0.114. The highest BCUT2D eigenvalue weighted by atomic mass is 35.5. The van der Waals surface area contributed by atoms with Crippen LogP contribution >= 0.6 is 11.6 Å². The first-order valence-electron chi connectivity index (χ1n) is 5.42. The van der Waals surface area contributed by atoms with Crippen molar-refractivity contribution < 1.29 is 4.79 Å². The lowest BCUT2D eigenvalue weighted by Crippen LogP contribution is -2.23. The Labute approximate surface area is 110 Å². The number of benzene rings is 1. The minimum atomic E-state index is -0.266. The van der Waals surface area contributed by atoms with Crippen LogP contribution in [-0.2, 0) is 4.79 Å². The van der Waals surface area contributed by atoms with Gasteiger partial charge in [0.05, 0.1) is 17.9 Å². The number of nitrogens with two attached hydrogens (primary N) is 1. The Morgan fingerprint density at radius 3 is 2.94 bits per heavy atom. The van der Waals surface area contributed by atoms with Crippen molar-refractivity contribution in [2.24, 2.45) is 5.73 Å². The van der Waals surface area contributed by atoms with Gasteiger partial charge in [-0.3, -0.25) is 4.79 Å². The van der Waals surface area contributed by atoms with E-state index in [0.29, 0.717) is 10.8 Å².